The van der Waals surface area contributed by atoms with Gasteiger partial charge in [0, 0.05) is 44.5 Å². The second-order valence-electron chi connectivity index (χ2n) is 6.70. The van der Waals surface area contributed by atoms with Crippen molar-refractivity contribution in [2.45, 2.75) is 19.5 Å². The minimum absolute atomic E-state index is 0. The number of ether oxygens (including phenoxy) is 2. The molecule has 1 heterocycles. The van der Waals surface area contributed by atoms with Crippen molar-refractivity contribution in [1.82, 2.24) is 10.6 Å². The third-order valence-electron chi connectivity index (χ3n) is 4.64. The number of nitrogens with one attached hydrogen (secondary N) is 2. The fourth-order valence-corrected chi connectivity index (χ4v) is 3.11. The van der Waals surface area contributed by atoms with Gasteiger partial charge in [0.1, 0.15) is 5.75 Å². The van der Waals surface area contributed by atoms with E-state index in [1.807, 2.05) is 12.1 Å². The van der Waals surface area contributed by atoms with Crippen LogP contribution in [-0.2, 0) is 17.8 Å². The molecule has 1 aliphatic heterocycles. The van der Waals surface area contributed by atoms with Crippen molar-refractivity contribution in [2.24, 2.45) is 4.99 Å². The van der Waals surface area contributed by atoms with Gasteiger partial charge in [-0.25, -0.2) is 0 Å². The van der Waals surface area contributed by atoms with Crippen LogP contribution in [0.15, 0.2) is 53.5 Å². The molecule has 170 valence electrons. The SMILES string of the molecule is CN=C(NCc1ccc(N2CCOCC2)cc1)NCc1ccccc1OC(F)(F)F.I. The van der Waals surface area contributed by atoms with Crippen LogP contribution in [0.1, 0.15) is 11.1 Å². The molecule has 1 saturated heterocycles. The van der Waals surface area contributed by atoms with Crippen molar-refractivity contribution in [1.29, 1.82) is 0 Å². The summed E-state index contributed by atoms with van der Waals surface area (Å²) < 4.78 is 47.1. The van der Waals surface area contributed by atoms with Gasteiger partial charge in [-0.15, -0.1) is 37.1 Å². The zero-order valence-corrected chi connectivity index (χ0v) is 19.4. The second kappa shape index (κ2) is 12.0. The molecule has 0 radical (unpaired) electrons. The van der Waals surface area contributed by atoms with E-state index in [2.05, 4.69) is 37.4 Å². The molecule has 0 aromatic heterocycles. The molecule has 1 fully saturated rings. The van der Waals surface area contributed by atoms with E-state index >= 15 is 0 Å². The number of rotatable bonds is 6. The van der Waals surface area contributed by atoms with Gasteiger partial charge in [0.2, 0.25) is 0 Å². The third kappa shape index (κ3) is 8.09. The largest absolute Gasteiger partial charge is 0.573 e. The topological polar surface area (TPSA) is 58.1 Å². The molecule has 2 aromatic carbocycles. The number of halogens is 4. The smallest absolute Gasteiger partial charge is 0.405 e. The number of hydrogen-bond acceptors (Lipinski definition) is 4. The fraction of sp³-hybridized carbons (Fsp3) is 0.381. The van der Waals surface area contributed by atoms with Gasteiger partial charge in [-0.1, -0.05) is 30.3 Å². The average molecular weight is 550 g/mol. The Balaban J connectivity index is 0.00000341. The zero-order chi connectivity index (χ0) is 21.4. The van der Waals surface area contributed by atoms with E-state index in [1.54, 1.807) is 19.2 Å². The highest BCUT2D eigenvalue weighted by molar-refractivity contribution is 14.0. The summed E-state index contributed by atoms with van der Waals surface area (Å²) in [6.07, 6.45) is -4.73. The first kappa shape index (κ1) is 25.1. The van der Waals surface area contributed by atoms with Crippen LogP contribution in [-0.4, -0.2) is 45.7 Å². The van der Waals surface area contributed by atoms with E-state index in [-0.39, 0.29) is 36.3 Å². The van der Waals surface area contributed by atoms with E-state index in [0.717, 1.165) is 37.6 Å². The Labute approximate surface area is 196 Å². The number of morpholine rings is 1. The monoisotopic (exact) mass is 550 g/mol. The summed E-state index contributed by atoms with van der Waals surface area (Å²) in [7, 11) is 1.61. The van der Waals surface area contributed by atoms with E-state index in [9.17, 15) is 13.2 Å². The maximum absolute atomic E-state index is 12.6. The van der Waals surface area contributed by atoms with Crippen LogP contribution in [0.4, 0.5) is 18.9 Å². The predicted octanol–water partition coefficient (Wildman–Crippen LogP) is 3.91. The van der Waals surface area contributed by atoms with Crippen molar-refractivity contribution in [3.8, 4) is 5.75 Å². The summed E-state index contributed by atoms with van der Waals surface area (Å²) >= 11 is 0. The molecular formula is C21H26F3IN4O2. The number of anilines is 1. The number of alkyl halides is 3. The fourth-order valence-electron chi connectivity index (χ4n) is 3.11. The van der Waals surface area contributed by atoms with E-state index in [4.69, 9.17) is 4.74 Å². The van der Waals surface area contributed by atoms with Crippen LogP contribution in [0.3, 0.4) is 0 Å². The summed E-state index contributed by atoms with van der Waals surface area (Å²) in [5.41, 5.74) is 2.61. The van der Waals surface area contributed by atoms with Gasteiger partial charge >= 0.3 is 6.36 Å². The quantitative estimate of drug-likeness (QED) is 0.325. The molecule has 10 heteroatoms. The van der Waals surface area contributed by atoms with Crippen molar-refractivity contribution in [2.75, 3.05) is 38.3 Å². The number of benzene rings is 2. The minimum Gasteiger partial charge on any atom is -0.405 e. The molecule has 31 heavy (non-hydrogen) atoms. The van der Waals surface area contributed by atoms with Crippen LogP contribution < -0.4 is 20.3 Å². The van der Waals surface area contributed by atoms with Gasteiger partial charge in [0.05, 0.1) is 13.2 Å². The Bertz CT molecular complexity index is 841. The Morgan fingerprint density at radius 1 is 1.03 bits per heavy atom. The molecule has 0 unspecified atom stereocenters. The molecule has 3 rings (SSSR count). The summed E-state index contributed by atoms with van der Waals surface area (Å²) in [4.78, 5) is 6.40. The highest BCUT2D eigenvalue weighted by atomic mass is 127. The second-order valence-corrected chi connectivity index (χ2v) is 6.70. The summed E-state index contributed by atoms with van der Waals surface area (Å²) in [6, 6.07) is 14.2. The van der Waals surface area contributed by atoms with Crippen LogP contribution >= 0.6 is 24.0 Å². The van der Waals surface area contributed by atoms with Crippen LogP contribution in [0.25, 0.3) is 0 Å². The van der Waals surface area contributed by atoms with Crippen molar-refractivity contribution in [3.63, 3.8) is 0 Å². The minimum atomic E-state index is -4.73. The number of nitrogens with zero attached hydrogens (tertiary/aromatic N) is 2. The van der Waals surface area contributed by atoms with Gasteiger partial charge in [-0.3, -0.25) is 4.99 Å². The Hall–Kier alpha value is -2.21. The first-order valence-corrected chi connectivity index (χ1v) is 9.64. The molecule has 0 amide bonds. The molecule has 2 aromatic rings. The lowest BCUT2D eigenvalue weighted by atomic mass is 10.2. The number of para-hydroxylation sites is 1. The summed E-state index contributed by atoms with van der Waals surface area (Å²) in [5.74, 6) is 0.251. The first-order valence-electron chi connectivity index (χ1n) is 9.64. The van der Waals surface area contributed by atoms with Crippen LogP contribution in [0.2, 0.25) is 0 Å². The Morgan fingerprint density at radius 2 is 1.68 bits per heavy atom. The van der Waals surface area contributed by atoms with Crippen LogP contribution in [0.5, 0.6) is 5.75 Å². The van der Waals surface area contributed by atoms with Crippen molar-refractivity contribution < 1.29 is 22.6 Å². The van der Waals surface area contributed by atoms with Gasteiger partial charge in [0.25, 0.3) is 0 Å². The standard InChI is InChI=1S/C21H25F3N4O2.HI/c1-25-20(27-15-17-4-2-3-5-19(17)30-21(22,23)24)26-14-16-6-8-18(9-7-16)28-10-12-29-13-11-28;/h2-9H,10-15H2,1H3,(H2,25,26,27);1H. The van der Waals surface area contributed by atoms with E-state index < -0.39 is 6.36 Å². The number of aliphatic imine (C=N–C) groups is 1. The molecule has 0 aliphatic carbocycles. The molecule has 0 atom stereocenters. The van der Waals surface area contributed by atoms with Crippen LogP contribution in [0, 0.1) is 0 Å². The van der Waals surface area contributed by atoms with E-state index in [0.29, 0.717) is 18.1 Å². The van der Waals surface area contributed by atoms with E-state index in [1.165, 1.54) is 12.1 Å². The molecule has 6 nitrogen and oxygen atoms in total. The summed E-state index contributed by atoms with van der Waals surface area (Å²) in [6.45, 7) is 3.91. The number of hydrogen-bond donors (Lipinski definition) is 2. The van der Waals surface area contributed by atoms with Crippen molar-refractivity contribution in [3.05, 3.63) is 59.7 Å². The third-order valence-corrected chi connectivity index (χ3v) is 4.64. The van der Waals surface area contributed by atoms with Crippen molar-refractivity contribution >= 4 is 35.6 Å². The lowest BCUT2D eigenvalue weighted by Gasteiger charge is -2.28. The predicted molar refractivity (Wildman–Crippen MR) is 125 cm³/mol. The maximum Gasteiger partial charge on any atom is 0.573 e. The summed E-state index contributed by atoms with van der Waals surface area (Å²) in [5, 5.41) is 6.18. The highest BCUT2D eigenvalue weighted by Crippen LogP contribution is 2.26. The zero-order valence-electron chi connectivity index (χ0n) is 17.1. The molecular weight excluding hydrogens is 524 g/mol. The molecule has 1 aliphatic rings. The van der Waals surface area contributed by atoms with Gasteiger partial charge < -0.3 is 25.0 Å². The normalized spacial score (nSPS) is 14.6. The Kier molecular flexibility index (Phi) is 9.69. The lowest BCUT2D eigenvalue weighted by molar-refractivity contribution is -0.274. The maximum atomic E-state index is 12.6. The van der Waals surface area contributed by atoms with Gasteiger partial charge in [-0.05, 0) is 23.8 Å². The average Bonchev–Trinajstić information content (AvgIpc) is 2.75. The molecule has 0 bridgehead atoms. The highest BCUT2D eigenvalue weighted by Gasteiger charge is 2.31. The molecule has 0 saturated carbocycles. The molecule has 2 N–H and O–H groups in total. The lowest BCUT2D eigenvalue weighted by Crippen LogP contribution is -2.37. The first-order chi connectivity index (χ1) is 14.4. The molecule has 0 spiro atoms. The van der Waals surface area contributed by atoms with Gasteiger partial charge in [-0.2, -0.15) is 0 Å². The Morgan fingerprint density at radius 3 is 2.32 bits per heavy atom. The van der Waals surface area contributed by atoms with Gasteiger partial charge in [0.15, 0.2) is 5.96 Å². The number of guanidine groups is 1.